The summed E-state index contributed by atoms with van der Waals surface area (Å²) in [7, 11) is 0. The molecule has 0 saturated heterocycles. The lowest BCUT2D eigenvalue weighted by atomic mass is 9.98. The minimum atomic E-state index is -0.962. The Kier molecular flexibility index (Phi) is 1.87. The average Bonchev–Trinajstić information content (AvgIpc) is 2.17. The summed E-state index contributed by atoms with van der Waals surface area (Å²) >= 11 is 0. The van der Waals surface area contributed by atoms with Gasteiger partial charge in [-0.05, 0) is 0 Å². The molecule has 0 heterocycles. The van der Waals surface area contributed by atoms with Gasteiger partial charge < -0.3 is 5.11 Å². The molecule has 4 heteroatoms. The molecule has 1 saturated carbocycles. The quantitative estimate of drug-likeness (QED) is 0.492. The van der Waals surface area contributed by atoms with E-state index in [0.717, 1.165) is 0 Å². The van der Waals surface area contributed by atoms with Gasteiger partial charge in [-0.1, -0.05) is 6.92 Å². The van der Waals surface area contributed by atoms with E-state index in [9.17, 15) is 14.4 Å². The van der Waals surface area contributed by atoms with Gasteiger partial charge in [0.25, 0.3) is 5.78 Å². The first kappa shape index (κ1) is 8.07. The van der Waals surface area contributed by atoms with E-state index in [1.54, 1.807) is 0 Å². The first-order chi connectivity index (χ1) is 5.09. The van der Waals surface area contributed by atoms with E-state index in [2.05, 4.69) is 0 Å². The Hall–Kier alpha value is -1.03. The van der Waals surface area contributed by atoms with Crippen LogP contribution in [0.25, 0.3) is 0 Å². The summed E-state index contributed by atoms with van der Waals surface area (Å²) in [6.07, 6.45) is 0. The SMILES string of the molecule is CC1C(=O)C(=O)C(=O)C1CO. The first-order valence-electron chi connectivity index (χ1n) is 3.32. The van der Waals surface area contributed by atoms with E-state index in [1.165, 1.54) is 6.92 Å². The Labute approximate surface area is 63.2 Å². The normalized spacial score (nSPS) is 31.6. The molecule has 0 aromatic carbocycles. The maximum atomic E-state index is 10.8. The van der Waals surface area contributed by atoms with Gasteiger partial charge >= 0.3 is 0 Å². The summed E-state index contributed by atoms with van der Waals surface area (Å²) < 4.78 is 0. The van der Waals surface area contributed by atoms with Crippen LogP contribution in [0.3, 0.4) is 0 Å². The molecule has 2 unspecified atom stereocenters. The lowest BCUT2D eigenvalue weighted by Crippen LogP contribution is -2.19. The molecular weight excluding hydrogens is 148 g/mol. The van der Waals surface area contributed by atoms with Gasteiger partial charge in [0.05, 0.1) is 12.5 Å². The number of carbonyl (C=O) groups is 3. The third-order valence-corrected chi connectivity index (χ3v) is 2.00. The minimum absolute atomic E-state index is 0.419. The summed E-state index contributed by atoms with van der Waals surface area (Å²) in [6.45, 7) is 1.06. The summed E-state index contributed by atoms with van der Waals surface area (Å²) in [5, 5.41) is 8.62. The van der Waals surface area contributed by atoms with Crippen LogP contribution in [0.4, 0.5) is 0 Å². The van der Waals surface area contributed by atoms with Crippen molar-refractivity contribution >= 4 is 17.3 Å². The lowest BCUT2D eigenvalue weighted by Gasteiger charge is -2.05. The molecule has 0 bridgehead atoms. The van der Waals surface area contributed by atoms with Crippen molar-refractivity contribution in [3.63, 3.8) is 0 Å². The Morgan fingerprint density at radius 2 is 1.82 bits per heavy atom. The van der Waals surface area contributed by atoms with Gasteiger partial charge in [0.15, 0.2) is 0 Å². The van der Waals surface area contributed by atoms with Crippen molar-refractivity contribution < 1.29 is 19.5 Å². The van der Waals surface area contributed by atoms with E-state index in [0.29, 0.717) is 0 Å². The van der Waals surface area contributed by atoms with Crippen LogP contribution >= 0.6 is 0 Å². The molecule has 2 atom stereocenters. The zero-order valence-corrected chi connectivity index (χ0v) is 6.03. The van der Waals surface area contributed by atoms with Crippen molar-refractivity contribution in [2.45, 2.75) is 6.92 Å². The highest BCUT2D eigenvalue weighted by Crippen LogP contribution is 2.21. The van der Waals surface area contributed by atoms with Crippen molar-refractivity contribution in [2.24, 2.45) is 11.8 Å². The predicted molar refractivity (Wildman–Crippen MR) is 34.8 cm³/mol. The third-order valence-electron chi connectivity index (χ3n) is 2.00. The summed E-state index contributed by atoms with van der Waals surface area (Å²) in [5.41, 5.74) is 0. The number of aliphatic hydroxyl groups excluding tert-OH is 1. The van der Waals surface area contributed by atoms with Crippen LogP contribution in [0.5, 0.6) is 0 Å². The molecule has 0 aromatic heterocycles. The van der Waals surface area contributed by atoms with E-state index < -0.39 is 35.8 Å². The van der Waals surface area contributed by atoms with E-state index in [1.807, 2.05) is 0 Å². The molecule has 0 aromatic rings. The molecule has 4 nitrogen and oxygen atoms in total. The molecule has 1 N–H and O–H groups in total. The second-order valence-corrected chi connectivity index (χ2v) is 2.64. The van der Waals surface area contributed by atoms with Crippen molar-refractivity contribution in [3.05, 3.63) is 0 Å². The number of carbonyl (C=O) groups excluding carboxylic acids is 3. The molecule has 1 aliphatic rings. The standard InChI is InChI=1S/C7H8O4/c1-3-4(2-8)6(10)7(11)5(3)9/h3-4,8H,2H2,1H3. The highest BCUT2D eigenvalue weighted by atomic mass is 16.3. The number of ketones is 3. The predicted octanol–water partition coefficient (Wildman–Crippen LogP) is -1.05. The van der Waals surface area contributed by atoms with Crippen molar-refractivity contribution in [1.82, 2.24) is 0 Å². The van der Waals surface area contributed by atoms with Gasteiger partial charge in [-0.2, -0.15) is 0 Å². The zero-order chi connectivity index (χ0) is 8.59. The molecule has 1 rings (SSSR count). The molecule has 11 heavy (non-hydrogen) atoms. The van der Waals surface area contributed by atoms with Gasteiger partial charge in [0.1, 0.15) is 0 Å². The fourth-order valence-corrected chi connectivity index (χ4v) is 1.15. The largest absolute Gasteiger partial charge is 0.396 e. The number of Topliss-reactive ketones (excluding diaryl/α,β-unsaturated/α-hetero) is 3. The number of aliphatic hydroxyl groups is 1. The highest BCUT2D eigenvalue weighted by Gasteiger charge is 2.45. The second kappa shape index (κ2) is 2.54. The topological polar surface area (TPSA) is 71.4 Å². The van der Waals surface area contributed by atoms with Gasteiger partial charge in [-0.25, -0.2) is 0 Å². The fourth-order valence-electron chi connectivity index (χ4n) is 1.15. The molecule has 1 aliphatic carbocycles. The maximum Gasteiger partial charge on any atom is 0.264 e. The Balaban J connectivity index is 2.95. The van der Waals surface area contributed by atoms with Crippen LogP contribution in [0, 0.1) is 11.8 Å². The van der Waals surface area contributed by atoms with Crippen molar-refractivity contribution in [3.8, 4) is 0 Å². The average molecular weight is 156 g/mol. The van der Waals surface area contributed by atoms with E-state index in [-0.39, 0.29) is 0 Å². The molecular formula is C7H8O4. The summed E-state index contributed by atoms with van der Waals surface area (Å²) in [5.74, 6) is -3.81. The highest BCUT2D eigenvalue weighted by molar-refractivity contribution is 6.68. The molecule has 0 radical (unpaired) electrons. The van der Waals surface area contributed by atoms with Gasteiger partial charge in [-0.3, -0.25) is 14.4 Å². The van der Waals surface area contributed by atoms with Crippen LogP contribution in [0.2, 0.25) is 0 Å². The number of hydrogen-bond acceptors (Lipinski definition) is 4. The molecule has 0 amide bonds. The Morgan fingerprint density at radius 3 is 2.00 bits per heavy atom. The zero-order valence-electron chi connectivity index (χ0n) is 6.03. The molecule has 0 aliphatic heterocycles. The van der Waals surface area contributed by atoms with E-state index >= 15 is 0 Å². The number of rotatable bonds is 1. The Morgan fingerprint density at radius 1 is 1.27 bits per heavy atom. The minimum Gasteiger partial charge on any atom is -0.396 e. The molecule has 60 valence electrons. The van der Waals surface area contributed by atoms with Crippen LogP contribution in [-0.2, 0) is 14.4 Å². The molecule has 1 fully saturated rings. The first-order valence-corrected chi connectivity index (χ1v) is 3.32. The summed E-state index contributed by atoms with van der Waals surface area (Å²) in [4.78, 5) is 32.3. The summed E-state index contributed by atoms with van der Waals surface area (Å²) in [6, 6.07) is 0. The third kappa shape index (κ3) is 0.991. The second-order valence-electron chi connectivity index (χ2n) is 2.64. The monoisotopic (exact) mass is 156 g/mol. The van der Waals surface area contributed by atoms with Gasteiger partial charge in [0.2, 0.25) is 11.6 Å². The van der Waals surface area contributed by atoms with Gasteiger partial charge in [0, 0.05) is 5.92 Å². The molecule has 0 spiro atoms. The van der Waals surface area contributed by atoms with Crippen LogP contribution in [-0.4, -0.2) is 29.1 Å². The number of hydrogen-bond donors (Lipinski definition) is 1. The maximum absolute atomic E-state index is 10.8. The fraction of sp³-hybridized carbons (Fsp3) is 0.571. The lowest BCUT2D eigenvalue weighted by molar-refractivity contribution is -0.141. The van der Waals surface area contributed by atoms with Crippen molar-refractivity contribution in [2.75, 3.05) is 6.61 Å². The Bertz CT molecular complexity index is 231. The van der Waals surface area contributed by atoms with Crippen LogP contribution < -0.4 is 0 Å². The van der Waals surface area contributed by atoms with Crippen LogP contribution in [0.1, 0.15) is 6.92 Å². The van der Waals surface area contributed by atoms with Crippen molar-refractivity contribution in [1.29, 1.82) is 0 Å². The van der Waals surface area contributed by atoms with Crippen LogP contribution in [0.15, 0.2) is 0 Å². The van der Waals surface area contributed by atoms with Gasteiger partial charge in [-0.15, -0.1) is 0 Å². The smallest absolute Gasteiger partial charge is 0.264 e. The van der Waals surface area contributed by atoms with E-state index in [4.69, 9.17) is 5.11 Å².